The molecule has 0 amide bonds. The van der Waals surface area contributed by atoms with Crippen molar-refractivity contribution in [1.82, 2.24) is 4.72 Å². The Kier molecular flexibility index (Phi) is 5.45. The zero-order valence-corrected chi connectivity index (χ0v) is 14.0. The maximum Gasteiger partial charge on any atom is 0.241 e. The molecule has 0 aliphatic carbocycles. The number of sulfonamides is 1. The lowest BCUT2D eigenvalue weighted by Gasteiger charge is -2.15. The summed E-state index contributed by atoms with van der Waals surface area (Å²) < 4.78 is 32.7. The fourth-order valence-corrected chi connectivity index (χ4v) is 3.36. The van der Waals surface area contributed by atoms with Crippen LogP contribution in [0.5, 0.6) is 5.75 Å². The predicted molar refractivity (Wildman–Crippen MR) is 87.8 cm³/mol. The molecule has 118 valence electrons. The van der Waals surface area contributed by atoms with E-state index in [0.717, 1.165) is 11.3 Å². The summed E-state index contributed by atoms with van der Waals surface area (Å²) >= 11 is 5.78. The highest BCUT2D eigenvalue weighted by Gasteiger charge is 2.18. The van der Waals surface area contributed by atoms with E-state index in [0.29, 0.717) is 11.6 Å². The van der Waals surface area contributed by atoms with E-state index in [9.17, 15) is 8.42 Å². The van der Waals surface area contributed by atoms with Gasteiger partial charge in [0.1, 0.15) is 5.75 Å². The van der Waals surface area contributed by atoms with Crippen LogP contribution in [0.1, 0.15) is 25.5 Å². The van der Waals surface area contributed by atoms with Crippen LogP contribution in [0, 0.1) is 0 Å². The number of rotatable bonds is 6. The molecule has 0 unspecified atom stereocenters. The highest BCUT2D eigenvalue weighted by molar-refractivity contribution is 7.89. The largest absolute Gasteiger partial charge is 0.494 e. The number of ether oxygens (including phenoxy) is 1. The van der Waals surface area contributed by atoms with Gasteiger partial charge in [0.05, 0.1) is 11.5 Å². The van der Waals surface area contributed by atoms with Gasteiger partial charge < -0.3 is 4.74 Å². The molecular weight excluding hydrogens is 322 g/mol. The monoisotopic (exact) mass is 339 g/mol. The average molecular weight is 340 g/mol. The minimum atomic E-state index is -3.58. The molecule has 1 atom stereocenters. The van der Waals surface area contributed by atoms with Crippen LogP contribution in [-0.2, 0) is 10.0 Å². The van der Waals surface area contributed by atoms with Crippen molar-refractivity contribution in [3.05, 3.63) is 59.1 Å². The van der Waals surface area contributed by atoms with Crippen molar-refractivity contribution in [3.63, 3.8) is 0 Å². The van der Waals surface area contributed by atoms with E-state index in [4.69, 9.17) is 16.3 Å². The second kappa shape index (κ2) is 7.13. The summed E-state index contributed by atoms with van der Waals surface area (Å²) in [6, 6.07) is 13.1. The molecule has 0 bridgehead atoms. The van der Waals surface area contributed by atoms with E-state index in [2.05, 4.69) is 4.72 Å². The number of hydrogen-bond acceptors (Lipinski definition) is 3. The molecule has 1 N–H and O–H groups in total. The first-order chi connectivity index (χ1) is 10.4. The lowest BCUT2D eigenvalue weighted by Crippen LogP contribution is -2.26. The van der Waals surface area contributed by atoms with Crippen molar-refractivity contribution in [2.45, 2.75) is 24.8 Å². The van der Waals surface area contributed by atoms with E-state index < -0.39 is 10.0 Å². The summed E-state index contributed by atoms with van der Waals surface area (Å²) in [5.74, 6) is 0.763. The van der Waals surface area contributed by atoms with Gasteiger partial charge in [-0.2, -0.15) is 0 Å². The second-order valence-corrected chi connectivity index (χ2v) is 6.95. The summed E-state index contributed by atoms with van der Waals surface area (Å²) in [7, 11) is -3.58. The van der Waals surface area contributed by atoms with Crippen LogP contribution in [0.2, 0.25) is 5.02 Å². The first-order valence-corrected chi connectivity index (χ1v) is 8.79. The Bertz CT molecular complexity index is 712. The first-order valence-electron chi connectivity index (χ1n) is 6.93. The van der Waals surface area contributed by atoms with Crippen molar-refractivity contribution in [3.8, 4) is 5.75 Å². The molecule has 6 heteroatoms. The predicted octanol–water partition coefficient (Wildman–Crippen LogP) is 3.78. The lowest BCUT2D eigenvalue weighted by atomic mass is 10.1. The third kappa shape index (κ3) is 4.22. The Hall–Kier alpha value is -1.56. The quantitative estimate of drug-likeness (QED) is 0.871. The van der Waals surface area contributed by atoms with E-state index in [1.807, 2.05) is 31.2 Å². The Labute approximate surface area is 136 Å². The Balaban J connectivity index is 2.13. The maximum atomic E-state index is 12.3. The van der Waals surface area contributed by atoms with Gasteiger partial charge in [-0.25, -0.2) is 13.1 Å². The van der Waals surface area contributed by atoms with Crippen molar-refractivity contribution < 1.29 is 13.2 Å². The van der Waals surface area contributed by atoms with Crippen LogP contribution in [0.15, 0.2) is 53.4 Å². The van der Waals surface area contributed by atoms with E-state index >= 15 is 0 Å². The molecule has 0 aromatic heterocycles. The van der Waals surface area contributed by atoms with Gasteiger partial charge in [-0.1, -0.05) is 23.7 Å². The van der Waals surface area contributed by atoms with Gasteiger partial charge in [-0.05, 0) is 55.8 Å². The molecule has 2 aromatic carbocycles. The Morgan fingerprint density at radius 1 is 1.09 bits per heavy atom. The summed E-state index contributed by atoms with van der Waals surface area (Å²) in [4.78, 5) is 0.190. The minimum absolute atomic E-state index is 0.190. The number of benzene rings is 2. The number of halogens is 1. The molecule has 0 spiro atoms. The smallest absolute Gasteiger partial charge is 0.241 e. The van der Waals surface area contributed by atoms with Crippen molar-refractivity contribution >= 4 is 21.6 Å². The molecule has 0 heterocycles. The van der Waals surface area contributed by atoms with Crippen molar-refractivity contribution in [2.75, 3.05) is 6.61 Å². The Morgan fingerprint density at radius 2 is 1.68 bits per heavy atom. The molecule has 22 heavy (non-hydrogen) atoms. The van der Waals surface area contributed by atoms with Gasteiger partial charge in [0.15, 0.2) is 0 Å². The number of hydrogen-bond donors (Lipinski definition) is 1. The van der Waals surface area contributed by atoms with E-state index in [-0.39, 0.29) is 10.9 Å². The van der Waals surface area contributed by atoms with Gasteiger partial charge in [-0.15, -0.1) is 0 Å². The molecule has 4 nitrogen and oxygen atoms in total. The number of nitrogens with one attached hydrogen (secondary N) is 1. The second-order valence-electron chi connectivity index (χ2n) is 4.80. The van der Waals surface area contributed by atoms with Crippen LogP contribution < -0.4 is 9.46 Å². The summed E-state index contributed by atoms with van der Waals surface area (Å²) in [5, 5.41) is 0.499. The van der Waals surface area contributed by atoms with Crippen LogP contribution in [-0.4, -0.2) is 15.0 Å². The lowest BCUT2D eigenvalue weighted by molar-refractivity contribution is 0.340. The molecule has 0 fully saturated rings. The highest BCUT2D eigenvalue weighted by Crippen LogP contribution is 2.21. The highest BCUT2D eigenvalue weighted by atomic mass is 35.5. The molecule has 0 aliphatic heterocycles. The van der Waals surface area contributed by atoms with Crippen molar-refractivity contribution in [1.29, 1.82) is 0 Å². The molecule has 0 aliphatic rings. The fourth-order valence-electron chi connectivity index (χ4n) is 2.00. The standard InChI is InChI=1S/C16H18ClNO3S/c1-3-21-15-8-4-13(5-9-15)12(2)18-22(19,20)16-10-6-14(17)7-11-16/h4-12,18H,3H2,1-2H3/t12-/m1/s1. The normalized spacial score (nSPS) is 12.9. The molecule has 0 saturated carbocycles. The first kappa shape index (κ1) is 16.8. The van der Waals surface area contributed by atoms with Crippen LogP contribution in [0.25, 0.3) is 0 Å². The van der Waals surface area contributed by atoms with Gasteiger partial charge in [0, 0.05) is 11.1 Å². The SMILES string of the molecule is CCOc1ccc([C@@H](C)NS(=O)(=O)c2ccc(Cl)cc2)cc1. The average Bonchev–Trinajstić information content (AvgIpc) is 2.48. The van der Waals surface area contributed by atoms with Crippen LogP contribution in [0.4, 0.5) is 0 Å². The topological polar surface area (TPSA) is 55.4 Å². The zero-order valence-electron chi connectivity index (χ0n) is 12.4. The third-order valence-electron chi connectivity index (χ3n) is 3.15. The van der Waals surface area contributed by atoms with E-state index in [1.54, 1.807) is 19.1 Å². The molecule has 2 aromatic rings. The van der Waals surface area contributed by atoms with Gasteiger partial charge in [-0.3, -0.25) is 0 Å². The fraction of sp³-hybridized carbons (Fsp3) is 0.250. The third-order valence-corrected chi connectivity index (χ3v) is 4.96. The minimum Gasteiger partial charge on any atom is -0.494 e. The van der Waals surface area contributed by atoms with Crippen LogP contribution in [0.3, 0.4) is 0 Å². The van der Waals surface area contributed by atoms with Crippen molar-refractivity contribution in [2.24, 2.45) is 0 Å². The summed E-state index contributed by atoms with van der Waals surface area (Å²) in [6.45, 7) is 4.30. The van der Waals surface area contributed by atoms with E-state index in [1.165, 1.54) is 12.1 Å². The summed E-state index contributed by atoms with van der Waals surface area (Å²) in [5.41, 5.74) is 0.862. The van der Waals surface area contributed by atoms with Gasteiger partial charge >= 0.3 is 0 Å². The zero-order chi connectivity index (χ0) is 16.2. The summed E-state index contributed by atoms with van der Waals surface area (Å²) in [6.07, 6.45) is 0. The molecule has 2 rings (SSSR count). The molecule has 0 saturated heterocycles. The Morgan fingerprint density at radius 3 is 2.23 bits per heavy atom. The van der Waals surface area contributed by atoms with Crippen LogP contribution >= 0.6 is 11.6 Å². The van der Waals surface area contributed by atoms with Gasteiger partial charge in [0.25, 0.3) is 0 Å². The molecular formula is C16H18ClNO3S. The maximum absolute atomic E-state index is 12.3. The van der Waals surface area contributed by atoms with Gasteiger partial charge in [0.2, 0.25) is 10.0 Å². The molecule has 0 radical (unpaired) electrons.